The maximum Gasteiger partial charge on any atom is 0.338 e. The topological polar surface area (TPSA) is 85.4 Å². The van der Waals surface area contributed by atoms with E-state index in [9.17, 15) is 14.4 Å². The molecule has 8 heteroatoms. The van der Waals surface area contributed by atoms with Crippen LogP contribution in [0.1, 0.15) is 76.8 Å². The second kappa shape index (κ2) is 27.6. The molecule has 0 aromatic heterocycles. The quantitative estimate of drug-likeness (QED) is 0.0166. The minimum absolute atomic E-state index is 0.121. The lowest BCUT2D eigenvalue weighted by molar-refractivity contribution is -0.130. The van der Waals surface area contributed by atoms with Crippen molar-refractivity contribution in [3.63, 3.8) is 0 Å². The average molecular weight is 1110 g/mol. The summed E-state index contributed by atoms with van der Waals surface area (Å²) in [7, 11) is 0. The van der Waals surface area contributed by atoms with Gasteiger partial charge in [-0.1, -0.05) is 191 Å². The van der Waals surface area contributed by atoms with Crippen molar-refractivity contribution in [1.29, 1.82) is 0 Å². The highest BCUT2D eigenvalue weighted by molar-refractivity contribution is 5.90. The van der Waals surface area contributed by atoms with Gasteiger partial charge in [0.1, 0.15) is 17.2 Å². The maximum absolute atomic E-state index is 12.4. The molecular weight excluding hydrogens is 1050 g/mol. The number of anilines is 6. The van der Waals surface area contributed by atoms with Gasteiger partial charge in [-0.05, 0) is 180 Å². The largest absolute Gasteiger partial charge is 0.423 e. The van der Waals surface area contributed by atoms with Crippen LogP contribution in [0.3, 0.4) is 0 Å². The average Bonchev–Trinajstić information content (AvgIpc) is 3.73. The summed E-state index contributed by atoms with van der Waals surface area (Å²) in [6, 6.07) is 72.6. The van der Waals surface area contributed by atoms with Crippen LogP contribution in [0.5, 0.6) is 17.2 Å². The SMILES string of the molecule is C=Cc1ccc(N(c2ccc(C=CC=Cc3ccc(C(c4ccc(C=Cc5ccc(N(c6ccc(C=C)cc6)c6ccc(OC(=O)C(=C)C)cc6)cc5)cc4)c4ccc(OC(=O)C(=C)C)cc4)cc3)cc2)c2ccc(OC(=O)C(=C)C)cc2)cc1. The van der Waals surface area contributed by atoms with E-state index in [1.54, 1.807) is 45.0 Å². The number of allylic oxidation sites excluding steroid dienone is 2. The Morgan fingerprint density at radius 1 is 0.318 bits per heavy atom. The summed E-state index contributed by atoms with van der Waals surface area (Å²) in [6.45, 7) is 23.8. The van der Waals surface area contributed by atoms with Gasteiger partial charge in [0.2, 0.25) is 0 Å². The van der Waals surface area contributed by atoms with E-state index in [2.05, 4.69) is 188 Å². The number of nitrogens with zero attached hydrogens (tertiary/aromatic N) is 2. The van der Waals surface area contributed by atoms with Crippen LogP contribution in [0.4, 0.5) is 34.1 Å². The van der Waals surface area contributed by atoms with Crippen molar-refractivity contribution in [3.8, 4) is 17.2 Å². The van der Waals surface area contributed by atoms with E-state index in [1.165, 1.54) is 0 Å². The summed E-state index contributed by atoms with van der Waals surface area (Å²) in [5.41, 5.74) is 16.0. The predicted molar refractivity (Wildman–Crippen MR) is 351 cm³/mol. The molecule has 0 bridgehead atoms. The zero-order valence-corrected chi connectivity index (χ0v) is 47.9. The molecule has 0 saturated heterocycles. The van der Waals surface area contributed by atoms with Crippen LogP contribution in [0, 0.1) is 0 Å². The Kier molecular flexibility index (Phi) is 19.0. The van der Waals surface area contributed by atoms with Gasteiger partial charge in [0.15, 0.2) is 0 Å². The smallest absolute Gasteiger partial charge is 0.338 e. The molecule has 9 aromatic rings. The van der Waals surface area contributed by atoms with Gasteiger partial charge in [-0.2, -0.15) is 0 Å². The zero-order valence-electron chi connectivity index (χ0n) is 47.9. The van der Waals surface area contributed by atoms with Gasteiger partial charge in [-0.25, -0.2) is 14.4 Å². The van der Waals surface area contributed by atoms with E-state index < -0.39 is 17.9 Å². The number of carbonyl (C=O) groups excluding carboxylic acids is 3. The van der Waals surface area contributed by atoms with Crippen molar-refractivity contribution in [2.75, 3.05) is 9.80 Å². The third-order valence-corrected chi connectivity index (χ3v) is 13.9. The number of carbonyl (C=O) groups is 3. The lowest BCUT2D eigenvalue weighted by Crippen LogP contribution is -2.11. The minimum atomic E-state index is -0.469. The Hall–Kier alpha value is -11.1. The van der Waals surface area contributed by atoms with Crippen molar-refractivity contribution in [1.82, 2.24) is 0 Å². The van der Waals surface area contributed by atoms with Gasteiger partial charge in [-0.15, -0.1) is 0 Å². The fraction of sp³-hybridized carbons (Fsp3) is 0.0519. The fourth-order valence-corrected chi connectivity index (χ4v) is 9.22. The Balaban J connectivity index is 0.902. The van der Waals surface area contributed by atoms with Crippen molar-refractivity contribution in [2.24, 2.45) is 0 Å². The van der Waals surface area contributed by atoms with Crippen LogP contribution < -0.4 is 24.0 Å². The molecule has 0 fully saturated rings. The van der Waals surface area contributed by atoms with Crippen LogP contribution in [0.15, 0.2) is 280 Å². The standard InChI is InChI=1S/C77H64N2O6/c1-9-56-21-35-65(36-22-56)78(69-43-49-72(50-44-69)84-76(81)54(5)6)67-39-25-59(26-40-67)14-12-11-13-58-17-29-62(30-18-58)74(64-33-47-71(48-34-64)83-75(80)53(3)4)63-31-19-60(20-32-63)15-16-61-27-41-68(42-28-61)79(66-37-23-57(10-2)24-38-66)70-45-51-73(52-46-70)85-77(82)55(7)8/h9-52,74H,1-3,5,7H2,4,6,8H3. The maximum atomic E-state index is 12.4. The molecule has 0 aliphatic heterocycles. The molecule has 0 aliphatic rings. The molecule has 418 valence electrons. The van der Waals surface area contributed by atoms with Gasteiger partial charge < -0.3 is 24.0 Å². The molecule has 0 radical (unpaired) electrons. The Labute approximate surface area is 498 Å². The Morgan fingerprint density at radius 2 is 0.529 bits per heavy atom. The highest BCUT2D eigenvalue weighted by Crippen LogP contribution is 2.39. The number of esters is 3. The van der Waals surface area contributed by atoms with Crippen molar-refractivity contribution < 1.29 is 28.6 Å². The number of hydrogen-bond acceptors (Lipinski definition) is 8. The normalized spacial score (nSPS) is 11.4. The van der Waals surface area contributed by atoms with E-state index in [0.29, 0.717) is 34.0 Å². The van der Waals surface area contributed by atoms with Crippen molar-refractivity contribution in [3.05, 3.63) is 330 Å². The number of benzene rings is 9. The molecule has 8 nitrogen and oxygen atoms in total. The summed E-state index contributed by atoms with van der Waals surface area (Å²) in [4.78, 5) is 41.0. The highest BCUT2D eigenvalue weighted by Gasteiger charge is 2.19. The van der Waals surface area contributed by atoms with Gasteiger partial charge >= 0.3 is 17.9 Å². The third kappa shape index (κ3) is 15.3. The first-order valence-corrected chi connectivity index (χ1v) is 27.6. The first-order valence-electron chi connectivity index (χ1n) is 27.6. The molecule has 0 spiro atoms. The fourth-order valence-electron chi connectivity index (χ4n) is 9.22. The summed E-state index contributed by atoms with van der Waals surface area (Å²) >= 11 is 0. The van der Waals surface area contributed by atoms with E-state index >= 15 is 0 Å². The number of rotatable bonds is 22. The van der Waals surface area contributed by atoms with Gasteiger partial charge in [0.05, 0.1) is 0 Å². The predicted octanol–water partition coefficient (Wildman–Crippen LogP) is 19.4. The number of ether oxygens (including phenoxy) is 3. The molecule has 1 unspecified atom stereocenters. The van der Waals surface area contributed by atoms with Gasteiger partial charge in [0, 0.05) is 56.8 Å². The van der Waals surface area contributed by atoms with Gasteiger partial charge in [-0.3, -0.25) is 0 Å². The first-order chi connectivity index (χ1) is 41.2. The molecule has 9 rings (SSSR count). The van der Waals surface area contributed by atoms with E-state index in [1.807, 2.05) is 97.1 Å². The summed E-state index contributed by atoms with van der Waals surface area (Å²) in [5, 5.41) is 0. The summed E-state index contributed by atoms with van der Waals surface area (Å²) in [6.07, 6.45) is 16.1. The van der Waals surface area contributed by atoms with Crippen LogP contribution >= 0.6 is 0 Å². The van der Waals surface area contributed by atoms with E-state index in [4.69, 9.17) is 14.2 Å². The number of hydrogen-bond donors (Lipinski definition) is 0. The minimum Gasteiger partial charge on any atom is -0.423 e. The van der Waals surface area contributed by atoms with Crippen molar-refractivity contribution >= 4 is 88.5 Å². The lowest BCUT2D eigenvalue weighted by atomic mass is 9.84. The zero-order chi connectivity index (χ0) is 59.8. The molecule has 1 atom stereocenters. The Bertz CT molecular complexity index is 3970. The van der Waals surface area contributed by atoms with E-state index in [0.717, 1.165) is 84.2 Å². The molecule has 0 aliphatic carbocycles. The Morgan fingerprint density at radius 3 is 0.788 bits per heavy atom. The molecule has 85 heavy (non-hydrogen) atoms. The highest BCUT2D eigenvalue weighted by atomic mass is 16.5. The van der Waals surface area contributed by atoms with Crippen LogP contribution in [0.2, 0.25) is 0 Å². The summed E-state index contributed by atoms with van der Waals surface area (Å²) < 4.78 is 16.5. The molecule has 0 saturated carbocycles. The lowest BCUT2D eigenvalue weighted by Gasteiger charge is -2.26. The van der Waals surface area contributed by atoms with Crippen molar-refractivity contribution in [2.45, 2.75) is 26.7 Å². The van der Waals surface area contributed by atoms with Crippen LogP contribution in [-0.4, -0.2) is 17.9 Å². The molecule has 0 heterocycles. The molecule has 0 N–H and O–H groups in total. The van der Waals surface area contributed by atoms with E-state index in [-0.39, 0.29) is 5.92 Å². The molecule has 9 aromatic carbocycles. The van der Waals surface area contributed by atoms with Crippen LogP contribution in [-0.2, 0) is 14.4 Å². The van der Waals surface area contributed by atoms with Gasteiger partial charge in [0.25, 0.3) is 0 Å². The summed E-state index contributed by atoms with van der Waals surface area (Å²) in [5.74, 6) is -0.197. The third-order valence-electron chi connectivity index (χ3n) is 13.9. The monoisotopic (exact) mass is 1110 g/mol. The second-order valence-electron chi connectivity index (χ2n) is 20.3. The second-order valence-corrected chi connectivity index (χ2v) is 20.3. The molecular formula is C77H64N2O6. The molecule has 0 amide bonds. The van der Waals surface area contributed by atoms with Crippen LogP contribution in [0.25, 0.3) is 36.5 Å². The first kappa shape index (κ1) is 58.6.